The van der Waals surface area contributed by atoms with Gasteiger partial charge in [0.05, 0.1) is 18.1 Å². The summed E-state index contributed by atoms with van der Waals surface area (Å²) in [5.41, 5.74) is 6.17. The molecule has 0 spiro atoms. The fraction of sp³-hybridized carbons (Fsp3) is 0.185. The van der Waals surface area contributed by atoms with E-state index in [2.05, 4.69) is 56.0 Å². The summed E-state index contributed by atoms with van der Waals surface area (Å²) in [7, 11) is -3.67. The van der Waals surface area contributed by atoms with Gasteiger partial charge in [-0.25, -0.2) is 14.8 Å². The molecule has 0 aliphatic rings. The van der Waals surface area contributed by atoms with E-state index in [4.69, 9.17) is 4.55 Å². The molecule has 0 unspecified atom stereocenters. The molecular formula is C27H28N6O4S2. The van der Waals surface area contributed by atoms with Crippen molar-refractivity contribution in [3.05, 3.63) is 90.0 Å². The van der Waals surface area contributed by atoms with Crippen LogP contribution in [0.5, 0.6) is 0 Å². The number of amides is 2. The standard InChI is InChI=1S/C26H24N6OS.CH4O3S/c1-17(2)23-16-30-26(34-23)31-25(33)29-14-18-3-5-20(6-4-18)22-15-28-24-13-21(9-12-32(22)24)19-7-10-27-11-8-19;1-5(2,3)4/h3-13,15-17H,14H2,1-2H3,(H2,29,30,31,33);1H3,(H,2,3,4). The number of anilines is 1. The quantitative estimate of drug-likeness (QED) is 0.233. The number of urea groups is 1. The SMILES string of the molecule is CC(C)c1cnc(NC(=O)NCc2ccc(-c3cnc4cc(-c5ccncc5)ccn34)cc2)s1.CS(=O)(=O)O. The first-order chi connectivity index (χ1) is 18.6. The van der Waals surface area contributed by atoms with Crippen LogP contribution in [0.4, 0.5) is 9.93 Å². The molecule has 2 amide bonds. The number of thiazole rings is 1. The first kappa shape index (κ1) is 27.9. The third-order valence-corrected chi connectivity index (χ3v) is 6.76. The number of pyridine rings is 2. The van der Waals surface area contributed by atoms with Gasteiger partial charge in [-0.1, -0.05) is 38.1 Å². The van der Waals surface area contributed by atoms with Crippen molar-refractivity contribution in [2.24, 2.45) is 0 Å². The van der Waals surface area contributed by atoms with Crippen molar-refractivity contribution in [1.29, 1.82) is 0 Å². The summed E-state index contributed by atoms with van der Waals surface area (Å²) in [6, 6.07) is 16.0. The summed E-state index contributed by atoms with van der Waals surface area (Å²) in [5, 5.41) is 6.29. The number of hydrogen-bond acceptors (Lipinski definition) is 7. The molecule has 0 radical (unpaired) electrons. The lowest BCUT2D eigenvalue weighted by atomic mass is 10.1. The van der Waals surface area contributed by atoms with E-state index >= 15 is 0 Å². The molecule has 1 aromatic carbocycles. The van der Waals surface area contributed by atoms with E-state index in [1.54, 1.807) is 12.4 Å². The molecule has 0 aliphatic heterocycles. The Morgan fingerprint density at radius 3 is 2.33 bits per heavy atom. The largest absolute Gasteiger partial charge is 0.334 e. The Morgan fingerprint density at radius 1 is 1.00 bits per heavy atom. The second kappa shape index (κ2) is 12.2. The summed E-state index contributed by atoms with van der Waals surface area (Å²) in [5.74, 6) is 0.394. The smallest absolute Gasteiger partial charge is 0.321 e. The van der Waals surface area contributed by atoms with Gasteiger partial charge in [-0.05, 0) is 46.9 Å². The molecule has 4 aromatic heterocycles. The van der Waals surface area contributed by atoms with Crippen LogP contribution in [0.15, 0.2) is 79.5 Å². The molecule has 5 rings (SSSR count). The first-order valence-electron chi connectivity index (χ1n) is 12.0. The van der Waals surface area contributed by atoms with E-state index in [9.17, 15) is 13.2 Å². The van der Waals surface area contributed by atoms with Gasteiger partial charge in [-0.2, -0.15) is 8.42 Å². The number of nitrogens with one attached hydrogen (secondary N) is 2. The molecule has 10 nitrogen and oxygen atoms in total. The molecule has 39 heavy (non-hydrogen) atoms. The van der Waals surface area contributed by atoms with Crippen LogP contribution in [0.2, 0.25) is 0 Å². The Hall–Kier alpha value is -4.13. The van der Waals surface area contributed by atoms with Crippen molar-refractivity contribution in [2.75, 3.05) is 11.6 Å². The van der Waals surface area contributed by atoms with Crippen LogP contribution in [0, 0.1) is 0 Å². The Bertz CT molecular complexity index is 1660. The third-order valence-electron chi connectivity index (χ3n) is 5.54. The highest BCUT2D eigenvalue weighted by Gasteiger charge is 2.10. The number of imidazole rings is 1. The predicted octanol–water partition coefficient (Wildman–Crippen LogP) is 5.47. The van der Waals surface area contributed by atoms with Gasteiger partial charge in [0.1, 0.15) is 5.65 Å². The first-order valence-corrected chi connectivity index (χ1v) is 14.6. The number of rotatable bonds is 6. The second-order valence-corrected chi connectivity index (χ2v) is 11.5. The number of aromatic nitrogens is 4. The van der Waals surface area contributed by atoms with Crippen molar-refractivity contribution in [3.8, 4) is 22.4 Å². The lowest BCUT2D eigenvalue weighted by molar-refractivity contribution is 0.251. The second-order valence-electron chi connectivity index (χ2n) is 8.98. The zero-order valence-electron chi connectivity index (χ0n) is 21.6. The van der Waals surface area contributed by atoms with Gasteiger partial charge < -0.3 is 5.32 Å². The molecule has 0 aliphatic carbocycles. The number of carbonyl (C=O) groups excluding carboxylic acids is 1. The Kier molecular flexibility index (Phi) is 8.69. The molecule has 3 N–H and O–H groups in total. The zero-order chi connectivity index (χ0) is 28.0. The Labute approximate surface area is 230 Å². The van der Waals surface area contributed by atoms with E-state index in [1.165, 1.54) is 11.3 Å². The van der Waals surface area contributed by atoms with Crippen LogP contribution in [0.3, 0.4) is 0 Å². The Morgan fingerprint density at radius 2 is 1.69 bits per heavy atom. The van der Waals surface area contributed by atoms with Gasteiger partial charge in [-0.3, -0.25) is 19.3 Å². The van der Waals surface area contributed by atoms with Crippen molar-refractivity contribution >= 4 is 38.3 Å². The number of carbonyl (C=O) groups is 1. The van der Waals surface area contributed by atoms with Crippen LogP contribution in [0.1, 0.15) is 30.2 Å². The van der Waals surface area contributed by atoms with Crippen LogP contribution in [-0.2, 0) is 16.7 Å². The van der Waals surface area contributed by atoms with Gasteiger partial charge in [-0.15, -0.1) is 11.3 Å². The van der Waals surface area contributed by atoms with Gasteiger partial charge in [0, 0.05) is 41.8 Å². The van der Waals surface area contributed by atoms with Crippen molar-refractivity contribution in [3.63, 3.8) is 0 Å². The lowest BCUT2D eigenvalue weighted by Crippen LogP contribution is -2.28. The molecule has 12 heteroatoms. The summed E-state index contributed by atoms with van der Waals surface area (Å²) in [6.45, 7) is 4.64. The maximum atomic E-state index is 12.2. The van der Waals surface area contributed by atoms with E-state index in [0.717, 1.165) is 38.5 Å². The maximum Gasteiger partial charge on any atom is 0.321 e. The molecule has 202 valence electrons. The summed E-state index contributed by atoms with van der Waals surface area (Å²) in [6.07, 6.45) is 10.0. The summed E-state index contributed by atoms with van der Waals surface area (Å²) < 4.78 is 27.9. The predicted molar refractivity (Wildman–Crippen MR) is 153 cm³/mol. The lowest BCUT2D eigenvalue weighted by Gasteiger charge is -2.08. The molecule has 0 fully saturated rings. The van der Waals surface area contributed by atoms with Crippen LogP contribution < -0.4 is 10.6 Å². The fourth-order valence-electron chi connectivity index (χ4n) is 3.65. The summed E-state index contributed by atoms with van der Waals surface area (Å²) >= 11 is 1.50. The topological polar surface area (TPSA) is 139 Å². The minimum Gasteiger partial charge on any atom is -0.334 e. The van der Waals surface area contributed by atoms with Crippen LogP contribution in [-0.4, -0.2) is 44.6 Å². The van der Waals surface area contributed by atoms with Crippen molar-refractivity contribution < 1.29 is 17.8 Å². The highest BCUT2D eigenvalue weighted by Crippen LogP contribution is 2.26. The average molecular weight is 565 g/mol. The van der Waals surface area contributed by atoms with Gasteiger partial charge in [0.15, 0.2) is 5.13 Å². The molecule has 0 saturated carbocycles. The maximum absolute atomic E-state index is 12.2. The highest BCUT2D eigenvalue weighted by atomic mass is 32.2. The van der Waals surface area contributed by atoms with Gasteiger partial charge in [0.2, 0.25) is 0 Å². The molecule has 5 aromatic rings. The van der Waals surface area contributed by atoms with E-state index in [1.807, 2.05) is 55.0 Å². The van der Waals surface area contributed by atoms with E-state index in [-0.39, 0.29) is 6.03 Å². The third kappa shape index (κ3) is 7.93. The fourth-order valence-corrected chi connectivity index (χ4v) is 4.46. The number of nitrogens with zero attached hydrogens (tertiary/aromatic N) is 4. The number of fused-ring (bicyclic) bond motifs is 1. The minimum atomic E-state index is -3.67. The molecule has 0 atom stereocenters. The van der Waals surface area contributed by atoms with Gasteiger partial charge >= 0.3 is 6.03 Å². The highest BCUT2D eigenvalue weighted by molar-refractivity contribution is 7.85. The minimum absolute atomic E-state index is 0.263. The molecule has 4 heterocycles. The van der Waals surface area contributed by atoms with Crippen LogP contribution >= 0.6 is 11.3 Å². The zero-order valence-corrected chi connectivity index (χ0v) is 23.2. The van der Waals surface area contributed by atoms with Gasteiger partial charge in [0.25, 0.3) is 10.1 Å². The Balaban J connectivity index is 0.000000648. The normalized spacial score (nSPS) is 11.2. The molecule has 0 saturated heterocycles. The number of benzene rings is 1. The molecule has 0 bridgehead atoms. The van der Waals surface area contributed by atoms with Crippen molar-refractivity contribution in [1.82, 2.24) is 24.7 Å². The number of hydrogen-bond donors (Lipinski definition) is 3. The van der Waals surface area contributed by atoms with E-state index < -0.39 is 10.1 Å². The molecular weight excluding hydrogens is 536 g/mol. The van der Waals surface area contributed by atoms with E-state index in [0.29, 0.717) is 23.8 Å². The van der Waals surface area contributed by atoms with Crippen LogP contribution in [0.25, 0.3) is 28.0 Å². The van der Waals surface area contributed by atoms with Crippen molar-refractivity contribution in [2.45, 2.75) is 26.3 Å². The monoisotopic (exact) mass is 564 g/mol. The summed E-state index contributed by atoms with van der Waals surface area (Å²) in [4.78, 5) is 26.3. The average Bonchev–Trinajstić information content (AvgIpc) is 3.54.